The van der Waals surface area contributed by atoms with E-state index in [1.54, 1.807) is 32.2 Å². The van der Waals surface area contributed by atoms with E-state index in [2.05, 4.69) is 10.3 Å². The molecule has 38 heavy (non-hydrogen) atoms. The molecular weight excluding hydrogens is 514 g/mol. The molecule has 0 fully saturated rings. The number of fused-ring (bicyclic) bond motifs is 2. The van der Waals surface area contributed by atoms with Crippen molar-refractivity contribution in [3.8, 4) is 17.2 Å². The van der Waals surface area contributed by atoms with Gasteiger partial charge in [0.05, 0.1) is 44.6 Å². The lowest BCUT2D eigenvalue weighted by molar-refractivity contribution is -0.129. The molecule has 0 radical (unpaired) electrons. The molecule has 2 aliphatic rings. The minimum absolute atomic E-state index is 0.0738. The molecular formula is C27H26ClN3O7. The lowest BCUT2D eigenvalue weighted by Crippen LogP contribution is -2.55. The first-order chi connectivity index (χ1) is 18.2. The average Bonchev–Trinajstić information content (AvgIpc) is 3.22. The number of hydrogen-bond donors (Lipinski definition) is 1. The van der Waals surface area contributed by atoms with Crippen molar-refractivity contribution in [1.82, 2.24) is 9.55 Å². The van der Waals surface area contributed by atoms with Gasteiger partial charge in [-0.05, 0) is 24.6 Å². The summed E-state index contributed by atoms with van der Waals surface area (Å²) in [4.78, 5) is 44.4. The molecule has 1 aliphatic heterocycles. The van der Waals surface area contributed by atoms with Crippen LogP contribution in [0, 0.1) is 5.92 Å². The third kappa shape index (κ3) is 3.91. The number of carbonyl (C=O) groups is 2. The number of hydrogen-bond acceptors (Lipinski definition) is 9. The maximum absolute atomic E-state index is 13.7. The zero-order valence-electron chi connectivity index (χ0n) is 21.3. The van der Waals surface area contributed by atoms with E-state index < -0.39 is 23.1 Å². The number of halogens is 1. The number of anilines is 1. The molecule has 2 aromatic carbocycles. The summed E-state index contributed by atoms with van der Waals surface area (Å²) in [7, 11) is 4.42. The van der Waals surface area contributed by atoms with Gasteiger partial charge in [-0.1, -0.05) is 18.5 Å². The molecule has 5 rings (SSSR count). The topological polar surface area (TPSA) is 118 Å². The number of methoxy groups -OCH3 is 3. The van der Waals surface area contributed by atoms with Crippen LogP contribution in [-0.4, -0.2) is 54.7 Å². The van der Waals surface area contributed by atoms with Crippen LogP contribution in [0.5, 0.6) is 17.2 Å². The van der Waals surface area contributed by atoms with Crippen molar-refractivity contribution in [3.05, 3.63) is 63.3 Å². The van der Waals surface area contributed by atoms with Crippen molar-refractivity contribution >= 4 is 39.8 Å². The van der Waals surface area contributed by atoms with Gasteiger partial charge in [0.25, 0.3) is 5.56 Å². The molecule has 0 saturated carbocycles. The lowest BCUT2D eigenvalue weighted by atomic mass is 9.74. The highest BCUT2D eigenvalue weighted by atomic mass is 35.5. The van der Waals surface area contributed by atoms with Crippen LogP contribution in [0.15, 0.2) is 47.2 Å². The Hall–Kier alpha value is -3.89. The molecule has 3 aromatic rings. The minimum atomic E-state index is -1.76. The van der Waals surface area contributed by atoms with Crippen LogP contribution >= 0.6 is 11.6 Å². The molecule has 1 aliphatic carbocycles. The van der Waals surface area contributed by atoms with Crippen LogP contribution in [0.25, 0.3) is 10.9 Å². The normalized spacial score (nSPS) is 20.3. The number of carbonyl (C=O) groups excluding carboxylic acids is 2. The highest BCUT2D eigenvalue weighted by molar-refractivity contribution is 6.36. The van der Waals surface area contributed by atoms with Gasteiger partial charge < -0.3 is 24.3 Å². The quantitative estimate of drug-likeness (QED) is 0.449. The molecule has 1 N–H and O–H groups in total. The van der Waals surface area contributed by atoms with Gasteiger partial charge in [-0.25, -0.2) is 4.98 Å². The van der Waals surface area contributed by atoms with Crippen LogP contribution in [0.1, 0.15) is 23.7 Å². The molecule has 0 saturated heterocycles. The van der Waals surface area contributed by atoms with E-state index >= 15 is 0 Å². The lowest BCUT2D eigenvalue weighted by Gasteiger charge is -2.35. The van der Waals surface area contributed by atoms with E-state index in [9.17, 15) is 14.4 Å². The van der Waals surface area contributed by atoms with Gasteiger partial charge in [0.2, 0.25) is 17.2 Å². The highest BCUT2D eigenvalue weighted by Crippen LogP contribution is 2.53. The van der Waals surface area contributed by atoms with Crippen molar-refractivity contribution in [2.45, 2.75) is 25.5 Å². The highest BCUT2D eigenvalue weighted by Gasteiger charge is 2.60. The SMILES string of the molecule is COCCn1cnc2ccc(NC3=CC(=O)[C@@]4(Oc5c(Cl)c(OC)cc(OC)c5C4=O)[C@H](C)C3)cc2c1=O. The number of Topliss-reactive ketones (excluding diaryl/α,β-unsaturated/α-hetero) is 1. The second-order valence-corrected chi connectivity index (χ2v) is 9.58. The summed E-state index contributed by atoms with van der Waals surface area (Å²) in [5.74, 6) is -0.992. The van der Waals surface area contributed by atoms with E-state index in [4.69, 9.17) is 30.5 Å². The van der Waals surface area contributed by atoms with Crippen LogP contribution < -0.4 is 25.1 Å². The number of allylic oxidation sites excluding steroid dienone is 1. The summed E-state index contributed by atoms with van der Waals surface area (Å²) >= 11 is 6.45. The first-order valence-electron chi connectivity index (χ1n) is 11.9. The van der Waals surface area contributed by atoms with Crippen molar-refractivity contribution in [2.75, 3.05) is 33.3 Å². The molecule has 1 spiro atoms. The van der Waals surface area contributed by atoms with E-state index in [1.807, 2.05) is 0 Å². The summed E-state index contributed by atoms with van der Waals surface area (Å²) < 4.78 is 23.3. The Balaban J connectivity index is 1.46. The molecule has 2 heterocycles. The van der Waals surface area contributed by atoms with Gasteiger partial charge in [0.1, 0.15) is 22.1 Å². The summed E-state index contributed by atoms with van der Waals surface area (Å²) in [5, 5.41) is 3.75. The number of ether oxygens (including phenoxy) is 4. The first kappa shape index (κ1) is 25.7. The predicted octanol–water partition coefficient (Wildman–Crippen LogP) is 3.63. The maximum atomic E-state index is 13.7. The number of nitrogens with one attached hydrogen (secondary N) is 1. The monoisotopic (exact) mass is 539 g/mol. The van der Waals surface area contributed by atoms with Gasteiger partial charge in [-0.3, -0.25) is 19.0 Å². The average molecular weight is 540 g/mol. The number of aromatic nitrogens is 2. The Kier molecular flexibility index (Phi) is 6.62. The number of rotatable bonds is 7. The van der Waals surface area contributed by atoms with Crippen LogP contribution in [0.3, 0.4) is 0 Å². The predicted molar refractivity (Wildman–Crippen MR) is 141 cm³/mol. The third-order valence-electron chi connectivity index (χ3n) is 6.98. The Morgan fingerprint density at radius 1 is 1.16 bits per heavy atom. The molecule has 11 heteroatoms. The molecule has 10 nitrogen and oxygen atoms in total. The van der Waals surface area contributed by atoms with Crippen LogP contribution in [-0.2, 0) is 16.1 Å². The van der Waals surface area contributed by atoms with Crippen molar-refractivity contribution < 1.29 is 28.5 Å². The first-order valence-corrected chi connectivity index (χ1v) is 12.3. The summed E-state index contributed by atoms with van der Waals surface area (Å²) in [6.07, 6.45) is 3.19. The fourth-order valence-corrected chi connectivity index (χ4v) is 5.25. The maximum Gasteiger partial charge on any atom is 0.261 e. The van der Waals surface area contributed by atoms with Gasteiger partial charge >= 0.3 is 0 Å². The van der Waals surface area contributed by atoms with Crippen molar-refractivity contribution in [2.24, 2.45) is 5.92 Å². The number of nitrogens with zero attached hydrogens (tertiary/aromatic N) is 2. The van der Waals surface area contributed by atoms with E-state index in [-0.39, 0.29) is 33.4 Å². The fourth-order valence-electron chi connectivity index (χ4n) is 4.99. The Morgan fingerprint density at radius 2 is 1.92 bits per heavy atom. The molecule has 198 valence electrons. The van der Waals surface area contributed by atoms with E-state index in [1.165, 1.54) is 37.3 Å². The molecule has 2 atom stereocenters. The fraction of sp³-hybridized carbons (Fsp3) is 0.333. The third-order valence-corrected chi connectivity index (χ3v) is 7.33. The minimum Gasteiger partial charge on any atom is -0.496 e. The Morgan fingerprint density at radius 3 is 2.61 bits per heavy atom. The van der Waals surface area contributed by atoms with E-state index in [0.29, 0.717) is 41.9 Å². The molecule has 0 amide bonds. The standard InChI is InChI=1S/C27H26ClN3O7/c1-14-9-16(30-15-5-6-18-17(10-15)26(34)31(13-29-18)7-8-35-2)11-21(32)27(14)25(33)22-19(36-3)12-20(37-4)23(28)24(22)38-27/h5-6,10-14,30H,7-9H2,1-4H3/t14-,27+/m1/s1. The molecule has 0 bridgehead atoms. The van der Waals surface area contributed by atoms with Gasteiger partial charge in [-0.15, -0.1) is 0 Å². The van der Waals surface area contributed by atoms with Gasteiger partial charge in [0, 0.05) is 36.6 Å². The Labute approximate surface area is 223 Å². The largest absolute Gasteiger partial charge is 0.496 e. The second-order valence-electron chi connectivity index (χ2n) is 9.20. The molecule has 0 unspecified atom stereocenters. The van der Waals surface area contributed by atoms with Crippen molar-refractivity contribution in [3.63, 3.8) is 0 Å². The summed E-state index contributed by atoms with van der Waals surface area (Å²) in [6, 6.07) is 6.70. The zero-order valence-corrected chi connectivity index (χ0v) is 22.0. The smallest absolute Gasteiger partial charge is 0.261 e. The van der Waals surface area contributed by atoms with Crippen molar-refractivity contribution in [1.29, 1.82) is 0 Å². The van der Waals surface area contributed by atoms with Crippen LogP contribution in [0.2, 0.25) is 5.02 Å². The summed E-state index contributed by atoms with van der Waals surface area (Å²) in [6.45, 7) is 2.53. The van der Waals surface area contributed by atoms with Gasteiger partial charge in [-0.2, -0.15) is 0 Å². The Bertz CT molecular complexity index is 1560. The summed E-state index contributed by atoms with van der Waals surface area (Å²) in [5.41, 5.74) is -0.0901. The van der Waals surface area contributed by atoms with Crippen LogP contribution in [0.4, 0.5) is 5.69 Å². The van der Waals surface area contributed by atoms with E-state index in [0.717, 1.165) is 0 Å². The van der Waals surface area contributed by atoms with Gasteiger partial charge in [0.15, 0.2) is 5.75 Å². The molecule has 1 aromatic heterocycles. The zero-order chi connectivity index (χ0) is 27.2. The second kappa shape index (κ2) is 9.77. The number of benzene rings is 2. The number of ketones is 2.